The number of carboxylic acids is 1. The highest BCUT2D eigenvalue weighted by molar-refractivity contribution is 5.81. The fourth-order valence-corrected chi connectivity index (χ4v) is 13.4. The number of ether oxygens (including phenoxy) is 4. The van der Waals surface area contributed by atoms with E-state index in [1.807, 2.05) is 6.92 Å². The highest BCUT2D eigenvalue weighted by atomic mass is 16.7. The Balaban J connectivity index is 1.16. The molecular weight excluding hydrogens is 760 g/mol. The summed E-state index contributed by atoms with van der Waals surface area (Å²) in [7, 11) is 0. The molecule has 0 spiro atoms. The molecule has 0 bridgehead atoms. The van der Waals surface area contributed by atoms with Crippen molar-refractivity contribution in [2.24, 2.45) is 50.2 Å². The van der Waals surface area contributed by atoms with Crippen LogP contribution in [-0.4, -0.2) is 150 Å². The zero-order valence-electron chi connectivity index (χ0n) is 34.3. The molecule has 0 radical (unpaired) electrons. The third-order valence-electron chi connectivity index (χ3n) is 17.6. The van der Waals surface area contributed by atoms with Crippen LogP contribution in [0.25, 0.3) is 0 Å². The van der Waals surface area contributed by atoms with Crippen LogP contribution in [0.1, 0.15) is 98.8 Å². The van der Waals surface area contributed by atoms with Crippen LogP contribution in [0.4, 0.5) is 0 Å². The predicted molar refractivity (Wildman–Crippen MR) is 201 cm³/mol. The largest absolute Gasteiger partial charge is 0.481 e. The number of rotatable bonds is 8. The summed E-state index contributed by atoms with van der Waals surface area (Å²) in [6.45, 7) is 9.24. The van der Waals surface area contributed by atoms with Gasteiger partial charge in [-0.2, -0.15) is 0 Å². The van der Waals surface area contributed by atoms with E-state index in [1.54, 1.807) is 6.92 Å². The maximum atomic E-state index is 14.8. The fraction of sp³-hybridized carbons (Fsp3) is 0.905. The summed E-state index contributed by atoms with van der Waals surface area (Å²) >= 11 is 0. The average Bonchev–Trinajstić information content (AvgIpc) is 3.19. The van der Waals surface area contributed by atoms with Crippen LogP contribution in [0, 0.1) is 50.2 Å². The number of aliphatic hydroxyl groups excluding tert-OH is 9. The number of carbonyl (C=O) groups is 2. The second-order valence-corrected chi connectivity index (χ2v) is 20.2. The molecule has 16 heteroatoms. The summed E-state index contributed by atoms with van der Waals surface area (Å²) < 4.78 is 22.8. The van der Waals surface area contributed by atoms with Gasteiger partial charge in [-0.1, -0.05) is 39.3 Å². The van der Waals surface area contributed by atoms with Crippen LogP contribution in [0.5, 0.6) is 0 Å². The van der Waals surface area contributed by atoms with Crippen molar-refractivity contribution in [2.75, 3.05) is 19.8 Å². The number of allylic oxidation sites excluding steroid dienone is 2. The first-order valence-corrected chi connectivity index (χ1v) is 21.1. The van der Waals surface area contributed by atoms with Gasteiger partial charge in [0.15, 0.2) is 6.29 Å². The van der Waals surface area contributed by atoms with E-state index in [0.717, 1.165) is 24.8 Å². The zero-order valence-corrected chi connectivity index (χ0v) is 34.3. The summed E-state index contributed by atoms with van der Waals surface area (Å²) in [5.74, 6) is -1.88. The highest BCUT2D eigenvalue weighted by Crippen LogP contribution is 2.76. The van der Waals surface area contributed by atoms with E-state index in [1.165, 1.54) is 0 Å². The van der Waals surface area contributed by atoms with E-state index < -0.39 is 120 Å². The molecule has 0 aromatic carbocycles. The Hall–Kier alpha value is -1.80. The second-order valence-electron chi connectivity index (χ2n) is 20.2. The Kier molecular flexibility index (Phi) is 11.6. The smallest absolute Gasteiger partial charge is 0.315 e. The molecule has 2 aliphatic heterocycles. The van der Waals surface area contributed by atoms with Gasteiger partial charge in [0.05, 0.1) is 36.8 Å². The molecule has 4 saturated carbocycles. The Morgan fingerprint density at radius 2 is 1.36 bits per heavy atom. The summed E-state index contributed by atoms with van der Waals surface area (Å²) in [5.41, 5.74) is -2.76. The molecule has 20 unspecified atom stereocenters. The minimum atomic E-state index is -1.87. The quantitative estimate of drug-likeness (QED) is 0.117. The van der Waals surface area contributed by atoms with Crippen LogP contribution in [0.3, 0.4) is 0 Å². The number of aliphatic hydroxyl groups is 9. The molecule has 20 atom stereocenters. The normalized spacial score (nSPS) is 54.2. The van der Waals surface area contributed by atoms with Crippen molar-refractivity contribution in [3.63, 3.8) is 0 Å². The number of esters is 1. The van der Waals surface area contributed by atoms with Gasteiger partial charge in [-0.3, -0.25) is 9.59 Å². The van der Waals surface area contributed by atoms with E-state index in [2.05, 4.69) is 26.8 Å². The number of aliphatic carboxylic acids is 1. The van der Waals surface area contributed by atoms with Crippen LogP contribution in [0.15, 0.2) is 11.6 Å². The molecular formula is C42H66O16. The first-order chi connectivity index (χ1) is 27.1. The average molecular weight is 827 g/mol. The molecule has 16 nitrogen and oxygen atoms in total. The van der Waals surface area contributed by atoms with Crippen molar-refractivity contribution in [3.8, 4) is 0 Å². The van der Waals surface area contributed by atoms with Crippen LogP contribution in [-0.2, 0) is 28.5 Å². The van der Waals surface area contributed by atoms with Crippen molar-refractivity contribution < 1.29 is 79.6 Å². The van der Waals surface area contributed by atoms with Crippen molar-refractivity contribution in [1.29, 1.82) is 0 Å². The van der Waals surface area contributed by atoms with Crippen LogP contribution >= 0.6 is 0 Å². The van der Waals surface area contributed by atoms with Crippen molar-refractivity contribution in [1.82, 2.24) is 0 Å². The van der Waals surface area contributed by atoms with Crippen molar-refractivity contribution >= 4 is 11.9 Å². The summed E-state index contributed by atoms with van der Waals surface area (Å²) in [6.07, 6.45) is -9.69. The van der Waals surface area contributed by atoms with Crippen LogP contribution < -0.4 is 0 Å². The van der Waals surface area contributed by atoms with Gasteiger partial charge in [-0.15, -0.1) is 0 Å². The molecule has 7 rings (SSSR count). The molecule has 58 heavy (non-hydrogen) atoms. The van der Waals surface area contributed by atoms with Gasteiger partial charge >= 0.3 is 11.9 Å². The van der Waals surface area contributed by atoms with Gasteiger partial charge in [0.1, 0.15) is 48.8 Å². The van der Waals surface area contributed by atoms with Crippen molar-refractivity contribution in [2.45, 2.75) is 166 Å². The maximum Gasteiger partial charge on any atom is 0.315 e. The first-order valence-electron chi connectivity index (χ1n) is 21.1. The lowest BCUT2D eigenvalue weighted by Gasteiger charge is -2.71. The number of hydrogen-bond donors (Lipinski definition) is 10. The summed E-state index contributed by atoms with van der Waals surface area (Å²) in [4.78, 5) is 27.6. The highest BCUT2D eigenvalue weighted by Gasteiger charge is 2.70. The zero-order chi connectivity index (χ0) is 42.5. The number of hydrogen-bond acceptors (Lipinski definition) is 15. The predicted octanol–water partition coefficient (Wildman–Crippen LogP) is 0.353. The minimum Gasteiger partial charge on any atom is -0.481 e. The number of fused-ring (bicyclic) bond motifs is 7. The lowest BCUT2D eigenvalue weighted by molar-refractivity contribution is -0.328. The lowest BCUT2D eigenvalue weighted by atomic mass is 9.33. The summed E-state index contributed by atoms with van der Waals surface area (Å²) in [5, 5.41) is 105. The fourth-order valence-electron chi connectivity index (χ4n) is 13.4. The standard InChI is InChI=1S/C42H66O16/c1-37(35(52)53)12-14-42(36(54)58-34-32(51)30(49)28(47)23(57-34)18-55-33-31(50)29(48)27(46)22(17-43)56-33)15-13-40(4)20(21(42)16-37)6-7-25-38(2)10-9-26(45)39(3,19-44)24(38)8-11-41(25,40)5/h6,21-34,43-51H,7-19H2,1-5H3,(H,52,53). The Labute approximate surface area is 339 Å². The molecule has 330 valence electrons. The van der Waals surface area contributed by atoms with Crippen LogP contribution in [0.2, 0.25) is 0 Å². The van der Waals surface area contributed by atoms with Gasteiger partial charge in [-0.25, -0.2) is 0 Å². The third-order valence-corrected chi connectivity index (χ3v) is 17.6. The Bertz CT molecular complexity index is 1610. The molecule has 0 aromatic heterocycles. The van der Waals surface area contributed by atoms with Gasteiger partial charge in [0.25, 0.3) is 0 Å². The molecule has 7 aliphatic rings. The second kappa shape index (κ2) is 15.2. The molecule has 2 heterocycles. The third kappa shape index (κ3) is 6.37. The van der Waals surface area contributed by atoms with E-state index in [9.17, 15) is 60.7 Å². The molecule has 5 aliphatic carbocycles. The molecule has 0 amide bonds. The first kappa shape index (κ1) is 44.3. The molecule has 6 fully saturated rings. The maximum absolute atomic E-state index is 14.8. The number of carbonyl (C=O) groups excluding carboxylic acids is 1. The Morgan fingerprint density at radius 3 is 2.00 bits per heavy atom. The molecule has 0 aromatic rings. The molecule has 10 N–H and O–H groups in total. The van der Waals surface area contributed by atoms with Gasteiger partial charge < -0.3 is 70.0 Å². The minimum absolute atomic E-state index is 0.0991. The van der Waals surface area contributed by atoms with E-state index >= 15 is 0 Å². The van der Waals surface area contributed by atoms with E-state index in [4.69, 9.17) is 18.9 Å². The SMILES string of the molecule is CC1(C(=O)O)CCC2(C(=O)OC3OC(COC4OC(CO)C(O)C(O)C4O)C(O)C(O)C3O)CCC3(C)C(=CCC4C5(C)CCC(O)C(C)(CO)C5CCC43C)C2C1. The topological polar surface area (TPSA) is 273 Å². The summed E-state index contributed by atoms with van der Waals surface area (Å²) in [6, 6.07) is 0. The van der Waals surface area contributed by atoms with E-state index in [-0.39, 0.29) is 48.5 Å². The van der Waals surface area contributed by atoms with Gasteiger partial charge in [0.2, 0.25) is 6.29 Å². The lowest BCUT2D eigenvalue weighted by Crippen LogP contribution is -2.66. The van der Waals surface area contributed by atoms with Gasteiger partial charge in [-0.05, 0) is 105 Å². The van der Waals surface area contributed by atoms with Crippen molar-refractivity contribution in [3.05, 3.63) is 11.6 Å². The Morgan fingerprint density at radius 1 is 0.741 bits per heavy atom. The van der Waals surface area contributed by atoms with E-state index in [0.29, 0.717) is 25.7 Å². The molecule has 2 saturated heterocycles. The monoisotopic (exact) mass is 826 g/mol. The van der Waals surface area contributed by atoms with Gasteiger partial charge in [0, 0.05) is 5.41 Å². The number of carboxylic acid groups (broad SMARTS) is 1.